The summed E-state index contributed by atoms with van der Waals surface area (Å²) in [6, 6.07) is 0. The lowest BCUT2D eigenvalue weighted by atomic mass is 9.84. The zero-order valence-electron chi connectivity index (χ0n) is 6.03. The van der Waals surface area contributed by atoms with Crippen molar-refractivity contribution in [1.29, 1.82) is 0 Å². The van der Waals surface area contributed by atoms with Crippen LogP contribution in [0.5, 0.6) is 0 Å². The van der Waals surface area contributed by atoms with E-state index in [1.165, 1.54) is 6.92 Å². The molecule has 1 rings (SSSR count). The van der Waals surface area contributed by atoms with Gasteiger partial charge in [-0.1, -0.05) is 0 Å². The van der Waals surface area contributed by atoms with E-state index in [1.807, 2.05) is 0 Å². The minimum Gasteiger partial charge on any atom is -0.390 e. The van der Waals surface area contributed by atoms with Crippen LogP contribution in [0.4, 0.5) is 8.78 Å². The highest BCUT2D eigenvalue weighted by molar-refractivity contribution is 4.86. The Labute approximate surface area is 59.0 Å². The first-order valence-corrected chi connectivity index (χ1v) is 3.52. The van der Waals surface area contributed by atoms with Gasteiger partial charge in [-0.2, -0.15) is 0 Å². The molecular formula is C7H12F2O. The molecular weight excluding hydrogens is 138 g/mol. The molecule has 0 bridgehead atoms. The zero-order valence-corrected chi connectivity index (χ0v) is 6.03. The van der Waals surface area contributed by atoms with Crippen molar-refractivity contribution in [2.45, 2.75) is 44.1 Å². The molecule has 1 fully saturated rings. The normalized spacial score (nSPS) is 39.6. The molecule has 0 aromatic carbocycles. The van der Waals surface area contributed by atoms with Gasteiger partial charge in [-0.25, -0.2) is 8.78 Å². The van der Waals surface area contributed by atoms with E-state index in [9.17, 15) is 13.9 Å². The van der Waals surface area contributed by atoms with Crippen LogP contribution in [0.25, 0.3) is 0 Å². The Morgan fingerprint density at radius 1 is 1.30 bits per heavy atom. The number of hydrogen-bond donors (Lipinski definition) is 1. The Balaban J connectivity index is 2.56. The monoisotopic (exact) mass is 150 g/mol. The summed E-state index contributed by atoms with van der Waals surface area (Å²) in [5.41, 5.74) is -1.14. The second-order valence-corrected chi connectivity index (χ2v) is 3.38. The summed E-state index contributed by atoms with van der Waals surface area (Å²) >= 11 is 0. The van der Waals surface area contributed by atoms with Crippen LogP contribution in [-0.2, 0) is 0 Å². The van der Waals surface area contributed by atoms with Gasteiger partial charge >= 0.3 is 0 Å². The summed E-state index contributed by atoms with van der Waals surface area (Å²) in [6.45, 7) is 1.47. The summed E-state index contributed by atoms with van der Waals surface area (Å²) in [6.07, 6.45) is 0.492. The van der Waals surface area contributed by atoms with Gasteiger partial charge in [-0.3, -0.25) is 0 Å². The quantitative estimate of drug-likeness (QED) is 0.559. The molecule has 10 heavy (non-hydrogen) atoms. The molecule has 1 aliphatic rings. The smallest absolute Gasteiger partial charge is 0.250 e. The summed E-state index contributed by atoms with van der Waals surface area (Å²) in [5, 5.41) is 9.23. The highest BCUT2D eigenvalue weighted by Crippen LogP contribution is 2.38. The van der Waals surface area contributed by atoms with Crippen LogP contribution < -0.4 is 0 Å². The molecule has 0 aromatic heterocycles. The summed E-state index contributed by atoms with van der Waals surface area (Å²) in [7, 11) is 0. The third-order valence-corrected chi connectivity index (χ3v) is 1.90. The third kappa shape index (κ3) is 1.90. The van der Waals surface area contributed by atoms with Gasteiger partial charge in [0.15, 0.2) is 0 Å². The third-order valence-electron chi connectivity index (χ3n) is 1.90. The van der Waals surface area contributed by atoms with Crippen LogP contribution in [0, 0.1) is 0 Å². The molecule has 1 N–H and O–H groups in total. The fourth-order valence-electron chi connectivity index (χ4n) is 1.46. The number of rotatable bonds is 0. The van der Waals surface area contributed by atoms with Gasteiger partial charge in [0, 0.05) is 12.8 Å². The first kappa shape index (κ1) is 7.92. The lowest BCUT2D eigenvalue weighted by Crippen LogP contribution is -2.38. The van der Waals surface area contributed by atoms with Crippen molar-refractivity contribution in [3.63, 3.8) is 0 Å². The van der Waals surface area contributed by atoms with Crippen LogP contribution in [-0.4, -0.2) is 16.6 Å². The Hall–Kier alpha value is -0.180. The van der Waals surface area contributed by atoms with Crippen LogP contribution in [0.3, 0.4) is 0 Å². The van der Waals surface area contributed by atoms with Gasteiger partial charge < -0.3 is 5.11 Å². The molecule has 60 valence electrons. The van der Waals surface area contributed by atoms with E-state index in [4.69, 9.17) is 0 Å². The molecule has 3 heteroatoms. The molecule has 0 radical (unpaired) electrons. The van der Waals surface area contributed by atoms with Crippen molar-refractivity contribution in [3.8, 4) is 0 Å². The van der Waals surface area contributed by atoms with Gasteiger partial charge in [0.2, 0.25) is 0 Å². The predicted molar refractivity (Wildman–Crippen MR) is 34.0 cm³/mol. The molecule has 0 aliphatic heterocycles. The van der Waals surface area contributed by atoms with Crippen molar-refractivity contribution in [2.75, 3.05) is 0 Å². The molecule has 0 aromatic rings. The molecule has 0 heterocycles. The average Bonchev–Trinajstić information content (AvgIpc) is 1.56. The molecule has 0 saturated heterocycles. The molecule has 1 atom stereocenters. The summed E-state index contributed by atoms with van der Waals surface area (Å²) in [5.74, 6) is -2.64. The van der Waals surface area contributed by atoms with Gasteiger partial charge in [0.25, 0.3) is 5.92 Å². The Morgan fingerprint density at radius 3 is 2.20 bits per heavy atom. The second-order valence-electron chi connectivity index (χ2n) is 3.38. The number of alkyl halides is 2. The number of halogens is 2. The average molecular weight is 150 g/mol. The fourth-order valence-corrected chi connectivity index (χ4v) is 1.46. The van der Waals surface area contributed by atoms with E-state index in [-0.39, 0.29) is 12.8 Å². The van der Waals surface area contributed by atoms with Crippen LogP contribution in [0.2, 0.25) is 0 Å². The van der Waals surface area contributed by atoms with E-state index in [1.54, 1.807) is 0 Å². The van der Waals surface area contributed by atoms with E-state index in [0.717, 1.165) is 0 Å². The van der Waals surface area contributed by atoms with Gasteiger partial charge in [0.05, 0.1) is 5.60 Å². The van der Waals surface area contributed by atoms with Crippen molar-refractivity contribution >= 4 is 0 Å². The molecule has 1 saturated carbocycles. The van der Waals surface area contributed by atoms with E-state index in [2.05, 4.69) is 0 Å². The molecule has 1 nitrogen and oxygen atoms in total. The SMILES string of the molecule is CC1(O)CCCC(F)(F)C1. The standard InChI is InChI=1S/C7H12F2O/c1-6(10)3-2-4-7(8,9)5-6/h10H,2-5H2,1H3. The minimum absolute atomic E-state index is 0.0663. The first-order chi connectivity index (χ1) is 4.41. The Kier molecular flexibility index (Phi) is 1.71. The maximum Gasteiger partial charge on any atom is 0.250 e. The van der Waals surface area contributed by atoms with Crippen molar-refractivity contribution < 1.29 is 13.9 Å². The Bertz CT molecular complexity index is 118. The topological polar surface area (TPSA) is 20.2 Å². The summed E-state index contributed by atoms with van der Waals surface area (Å²) < 4.78 is 25.1. The van der Waals surface area contributed by atoms with Gasteiger partial charge in [-0.15, -0.1) is 0 Å². The predicted octanol–water partition coefficient (Wildman–Crippen LogP) is 1.95. The van der Waals surface area contributed by atoms with Crippen LogP contribution in [0.15, 0.2) is 0 Å². The van der Waals surface area contributed by atoms with E-state index >= 15 is 0 Å². The van der Waals surface area contributed by atoms with E-state index in [0.29, 0.717) is 12.8 Å². The molecule has 1 unspecified atom stereocenters. The van der Waals surface area contributed by atoms with Crippen molar-refractivity contribution in [1.82, 2.24) is 0 Å². The fraction of sp³-hybridized carbons (Fsp3) is 1.00. The summed E-state index contributed by atoms with van der Waals surface area (Å²) in [4.78, 5) is 0. The lowest BCUT2D eigenvalue weighted by Gasteiger charge is -2.33. The van der Waals surface area contributed by atoms with Gasteiger partial charge in [0.1, 0.15) is 0 Å². The second kappa shape index (κ2) is 2.16. The maximum absolute atomic E-state index is 12.5. The van der Waals surface area contributed by atoms with Crippen molar-refractivity contribution in [2.24, 2.45) is 0 Å². The number of hydrogen-bond acceptors (Lipinski definition) is 1. The highest BCUT2D eigenvalue weighted by atomic mass is 19.3. The largest absolute Gasteiger partial charge is 0.390 e. The molecule has 0 amide bonds. The highest BCUT2D eigenvalue weighted by Gasteiger charge is 2.41. The maximum atomic E-state index is 12.5. The molecule has 0 spiro atoms. The van der Waals surface area contributed by atoms with E-state index < -0.39 is 11.5 Å². The first-order valence-electron chi connectivity index (χ1n) is 3.52. The Morgan fingerprint density at radius 2 is 1.90 bits per heavy atom. The molecule has 1 aliphatic carbocycles. The van der Waals surface area contributed by atoms with Crippen molar-refractivity contribution in [3.05, 3.63) is 0 Å². The van der Waals surface area contributed by atoms with Gasteiger partial charge in [-0.05, 0) is 19.8 Å². The number of aliphatic hydroxyl groups is 1. The minimum atomic E-state index is -2.64. The van der Waals surface area contributed by atoms with Crippen LogP contribution >= 0.6 is 0 Å². The van der Waals surface area contributed by atoms with Crippen LogP contribution in [0.1, 0.15) is 32.6 Å². The zero-order chi connectivity index (χ0) is 7.83. The lowest BCUT2D eigenvalue weighted by molar-refractivity contribution is -0.116.